The zero-order valence-corrected chi connectivity index (χ0v) is 12.4. The largest absolute Gasteiger partial charge is 0.476 e. The molecule has 0 aliphatic carbocycles. The van der Waals surface area contributed by atoms with Crippen LogP contribution >= 0.6 is 11.3 Å². The van der Waals surface area contributed by atoms with Crippen molar-refractivity contribution in [1.82, 2.24) is 15.0 Å². The maximum Gasteiger partial charge on any atom is 0.356 e. The van der Waals surface area contributed by atoms with Gasteiger partial charge in [0.25, 0.3) is 0 Å². The van der Waals surface area contributed by atoms with Gasteiger partial charge in [0.15, 0.2) is 5.69 Å². The summed E-state index contributed by atoms with van der Waals surface area (Å²) < 4.78 is 0. The maximum absolute atomic E-state index is 11.3. The van der Waals surface area contributed by atoms with Crippen molar-refractivity contribution in [2.45, 2.75) is 33.2 Å². The molecule has 0 saturated heterocycles. The molecule has 7 heteroatoms. The zero-order chi connectivity index (χ0) is 14.7. The van der Waals surface area contributed by atoms with E-state index in [1.807, 2.05) is 26.2 Å². The molecule has 0 radical (unpaired) electrons. The first-order valence-corrected chi connectivity index (χ1v) is 7.10. The molecule has 0 bridgehead atoms. The Labute approximate surface area is 120 Å². The number of aryl methyl sites for hydroxylation is 1. The summed E-state index contributed by atoms with van der Waals surface area (Å²) in [6.07, 6.45) is 1.52. The highest BCUT2D eigenvalue weighted by atomic mass is 32.1. The van der Waals surface area contributed by atoms with Crippen LogP contribution in [-0.2, 0) is 6.54 Å². The smallest absolute Gasteiger partial charge is 0.356 e. The number of aromatic carboxylic acids is 1. The van der Waals surface area contributed by atoms with Gasteiger partial charge in [0.05, 0.1) is 18.4 Å². The lowest BCUT2D eigenvalue weighted by atomic mass is 10.2. The number of thiazole rings is 1. The molecule has 0 amide bonds. The van der Waals surface area contributed by atoms with Crippen molar-refractivity contribution in [3.8, 4) is 0 Å². The van der Waals surface area contributed by atoms with Gasteiger partial charge < -0.3 is 10.4 Å². The Balaban J connectivity index is 2.20. The fraction of sp³-hybridized carbons (Fsp3) is 0.385. The third kappa shape index (κ3) is 3.30. The number of anilines is 1. The summed E-state index contributed by atoms with van der Waals surface area (Å²) >= 11 is 1.53. The quantitative estimate of drug-likeness (QED) is 0.881. The second kappa shape index (κ2) is 5.96. The third-order valence-corrected chi connectivity index (χ3v) is 3.59. The number of hydrogen-bond acceptors (Lipinski definition) is 6. The lowest BCUT2D eigenvalue weighted by Crippen LogP contribution is -2.12. The van der Waals surface area contributed by atoms with Crippen molar-refractivity contribution >= 4 is 23.0 Å². The van der Waals surface area contributed by atoms with Gasteiger partial charge in [-0.2, -0.15) is 0 Å². The van der Waals surface area contributed by atoms with Crippen molar-refractivity contribution in [3.05, 3.63) is 33.8 Å². The first-order valence-electron chi connectivity index (χ1n) is 6.22. The van der Waals surface area contributed by atoms with Crippen molar-refractivity contribution in [1.29, 1.82) is 0 Å². The van der Waals surface area contributed by atoms with Crippen LogP contribution in [0.1, 0.15) is 46.8 Å². The average molecular weight is 292 g/mol. The van der Waals surface area contributed by atoms with E-state index >= 15 is 0 Å². The van der Waals surface area contributed by atoms with Crippen LogP contribution in [0, 0.1) is 6.92 Å². The second-order valence-electron chi connectivity index (χ2n) is 4.69. The van der Waals surface area contributed by atoms with Gasteiger partial charge in [0, 0.05) is 17.0 Å². The topological polar surface area (TPSA) is 88.0 Å². The molecule has 0 spiro atoms. The molecule has 20 heavy (non-hydrogen) atoms. The van der Waals surface area contributed by atoms with Crippen molar-refractivity contribution < 1.29 is 9.90 Å². The molecule has 0 aliphatic heterocycles. The average Bonchev–Trinajstić information content (AvgIpc) is 2.81. The summed E-state index contributed by atoms with van der Waals surface area (Å²) in [5.74, 6) is -0.450. The Kier molecular flexibility index (Phi) is 4.29. The summed E-state index contributed by atoms with van der Waals surface area (Å²) in [4.78, 5) is 23.9. The molecule has 0 unspecified atom stereocenters. The minimum absolute atomic E-state index is 0.00280. The monoisotopic (exact) mass is 292 g/mol. The highest BCUT2D eigenvalue weighted by Crippen LogP contribution is 2.18. The molecule has 0 aliphatic rings. The molecule has 0 aromatic carbocycles. The predicted molar refractivity (Wildman–Crippen MR) is 77.3 cm³/mol. The standard InChI is InChI=1S/C13H16N4O2S/c1-7(2)12-15-4-9(11(17-12)13(18)19)14-5-10-16-8(3)6-20-10/h4,6-7,14H,5H2,1-3H3,(H,18,19). The summed E-state index contributed by atoms with van der Waals surface area (Å²) in [6.45, 7) is 6.23. The number of carboxylic acid groups (broad SMARTS) is 1. The molecular formula is C13H16N4O2S. The van der Waals surface area contributed by atoms with Gasteiger partial charge in [0.2, 0.25) is 0 Å². The van der Waals surface area contributed by atoms with E-state index in [9.17, 15) is 9.90 Å². The number of hydrogen-bond donors (Lipinski definition) is 2. The van der Waals surface area contributed by atoms with Crippen LogP contribution in [0.25, 0.3) is 0 Å². The first-order chi connectivity index (χ1) is 9.47. The highest BCUT2D eigenvalue weighted by molar-refractivity contribution is 7.09. The number of nitrogens with zero attached hydrogens (tertiary/aromatic N) is 3. The van der Waals surface area contributed by atoms with Crippen molar-refractivity contribution in [3.63, 3.8) is 0 Å². The second-order valence-corrected chi connectivity index (χ2v) is 5.63. The van der Waals surface area contributed by atoms with Crippen LogP contribution in [0.15, 0.2) is 11.6 Å². The molecule has 2 heterocycles. The molecule has 106 valence electrons. The van der Waals surface area contributed by atoms with Crippen LogP contribution in [0.4, 0.5) is 5.69 Å². The van der Waals surface area contributed by atoms with E-state index in [2.05, 4.69) is 20.3 Å². The highest BCUT2D eigenvalue weighted by Gasteiger charge is 2.15. The fourth-order valence-corrected chi connectivity index (χ4v) is 2.33. The van der Waals surface area contributed by atoms with E-state index in [-0.39, 0.29) is 11.6 Å². The van der Waals surface area contributed by atoms with Gasteiger partial charge in [-0.3, -0.25) is 0 Å². The Bertz CT molecular complexity index is 625. The first kappa shape index (κ1) is 14.4. The summed E-state index contributed by atoms with van der Waals surface area (Å²) in [5.41, 5.74) is 1.36. The number of carbonyl (C=O) groups is 1. The minimum Gasteiger partial charge on any atom is -0.476 e. The van der Waals surface area contributed by atoms with E-state index in [1.165, 1.54) is 17.5 Å². The Morgan fingerprint density at radius 2 is 2.20 bits per heavy atom. The van der Waals surface area contributed by atoms with E-state index in [0.29, 0.717) is 18.1 Å². The molecule has 0 fully saturated rings. The van der Waals surface area contributed by atoms with Crippen LogP contribution < -0.4 is 5.32 Å². The Morgan fingerprint density at radius 1 is 1.45 bits per heavy atom. The van der Waals surface area contributed by atoms with Gasteiger partial charge >= 0.3 is 5.97 Å². The molecule has 2 aromatic heterocycles. The van der Waals surface area contributed by atoms with Gasteiger partial charge in [0.1, 0.15) is 10.8 Å². The molecule has 0 saturated carbocycles. The number of nitrogens with one attached hydrogen (secondary N) is 1. The molecule has 2 aromatic rings. The van der Waals surface area contributed by atoms with Crippen LogP contribution in [0.2, 0.25) is 0 Å². The van der Waals surface area contributed by atoms with Crippen LogP contribution in [-0.4, -0.2) is 26.0 Å². The van der Waals surface area contributed by atoms with Gasteiger partial charge in [-0.05, 0) is 6.92 Å². The van der Waals surface area contributed by atoms with Gasteiger partial charge in [-0.15, -0.1) is 11.3 Å². The molecular weight excluding hydrogens is 276 g/mol. The maximum atomic E-state index is 11.3. The zero-order valence-electron chi connectivity index (χ0n) is 11.5. The predicted octanol–water partition coefficient (Wildman–Crippen LogP) is 2.68. The normalized spacial score (nSPS) is 10.8. The molecule has 0 atom stereocenters. The van der Waals surface area contributed by atoms with Crippen molar-refractivity contribution in [2.24, 2.45) is 0 Å². The lowest BCUT2D eigenvalue weighted by Gasteiger charge is -2.10. The van der Waals surface area contributed by atoms with Gasteiger partial charge in [-0.25, -0.2) is 19.7 Å². The van der Waals surface area contributed by atoms with E-state index in [0.717, 1.165) is 10.7 Å². The number of aromatic nitrogens is 3. The van der Waals surface area contributed by atoms with Crippen LogP contribution in [0.5, 0.6) is 0 Å². The van der Waals surface area contributed by atoms with E-state index in [1.54, 1.807) is 0 Å². The van der Waals surface area contributed by atoms with Crippen LogP contribution in [0.3, 0.4) is 0 Å². The van der Waals surface area contributed by atoms with E-state index in [4.69, 9.17) is 0 Å². The SMILES string of the molecule is Cc1csc(CNc2cnc(C(C)C)nc2C(=O)O)n1. The number of carboxylic acids is 1. The Hall–Kier alpha value is -2.02. The third-order valence-electron chi connectivity index (χ3n) is 2.62. The van der Waals surface area contributed by atoms with E-state index < -0.39 is 5.97 Å². The fourth-order valence-electron chi connectivity index (χ4n) is 1.62. The molecule has 6 nitrogen and oxygen atoms in total. The lowest BCUT2D eigenvalue weighted by molar-refractivity contribution is 0.0691. The summed E-state index contributed by atoms with van der Waals surface area (Å²) in [5, 5.41) is 15.1. The Morgan fingerprint density at radius 3 is 2.75 bits per heavy atom. The summed E-state index contributed by atoms with van der Waals surface area (Å²) in [7, 11) is 0. The number of rotatable bonds is 5. The van der Waals surface area contributed by atoms with Crippen molar-refractivity contribution in [2.75, 3.05) is 5.32 Å². The summed E-state index contributed by atoms with van der Waals surface area (Å²) in [6, 6.07) is 0. The molecule has 2 N–H and O–H groups in total. The molecule has 2 rings (SSSR count). The van der Waals surface area contributed by atoms with Gasteiger partial charge in [-0.1, -0.05) is 13.8 Å². The minimum atomic E-state index is -1.06.